The van der Waals surface area contributed by atoms with Gasteiger partial charge in [-0.3, -0.25) is 4.99 Å². The molecule has 1 heterocycles. The van der Waals surface area contributed by atoms with Crippen molar-refractivity contribution in [3.8, 4) is 11.5 Å². The lowest BCUT2D eigenvalue weighted by Gasteiger charge is -2.22. The monoisotopic (exact) mass is 569 g/mol. The Kier molecular flexibility index (Phi) is 11.8. The molecule has 1 saturated heterocycles. The Morgan fingerprint density at radius 2 is 1.85 bits per heavy atom. The van der Waals surface area contributed by atoms with Crippen LogP contribution in [0.15, 0.2) is 47.5 Å². The standard InChI is InChI=1S/C25H35N3O4.HI/c1-18(23-15-22(29-3)8-9-24(23)30-4)28-25(26-2)27-16-19-6-5-7-20(14-19)17-32-21-10-12-31-13-11-21;/h5-9,14-15,18,21H,10-13,16-17H2,1-4H3,(H2,26,27,28);1H. The van der Waals surface area contributed by atoms with Crippen molar-refractivity contribution in [2.45, 2.75) is 45.1 Å². The van der Waals surface area contributed by atoms with Gasteiger partial charge in [-0.1, -0.05) is 24.3 Å². The number of hydrogen-bond acceptors (Lipinski definition) is 5. The highest BCUT2D eigenvalue weighted by Crippen LogP contribution is 2.29. The van der Waals surface area contributed by atoms with Crippen LogP contribution in [0, 0.1) is 0 Å². The fourth-order valence-corrected chi connectivity index (χ4v) is 3.73. The molecule has 2 N–H and O–H groups in total. The Bertz CT molecular complexity index is 888. The highest BCUT2D eigenvalue weighted by Gasteiger charge is 2.15. The van der Waals surface area contributed by atoms with Gasteiger partial charge in [0.1, 0.15) is 11.5 Å². The average Bonchev–Trinajstić information content (AvgIpc) is 2.85. The third kappa shape index (κ3) is 8.35. The summed E-state index contributed by atoms with van der Waals surface area (Å²) in [6.07, 6.45) is 2.24. The van der Waals surface area contributed by atoms with Crippen LogP contribution in [0.5, 0.6) is 11.5 Å². The van der Waals surface area contributed by atoms with E-state index in [2.05, 4.69) is 46.8 Å². The highest BCUT2D eigenvalue weighted by molar-refractivity contribution is 14.0. The second-order valence-corrected chi connectivity index (χ2v) is 7.84. The molecular weight excluding hydrogens is 533 g/mol. The van der Waals surface area contributed by atoms with Crippen LogP contribution >= 0.6 is 24.0 Å². The lowest BCUT2D eigenvalue weighted by molar-refractivity contribution is -0.0390. The van der Waals surface area contributed by atoms with E-state index in [1.165, 1.54) is 11.1 Å². The predicted molar refractivity (Wildman–Crippen MR) is 142 cm³/mol. The molecule has 1 fully saturated rings. The maximum atomic E-state index is 6.05. The topological polar surface area (TPSA) is 73.3 Å². The predicted octanol–water partition coefficient (Wildman–Crippen LogP) is 4.44. The summed E-state index contributed by atoms with van der Waals surface area (Å²) >= 11 is 0. The molecule has 7 nitrogen and oxygen atoms in total. The first-order chi connectivity index (χ1) is 15.6. The van der Waals surface area contributed by atoms with Crippen LogP contribution in [0.25, 0.3) is 0 Å². The Labute approximate surface area is 214 Å². The average molecular weight is 569 g/mol. The number of nitrogens with zero attached hydrogens (tertiary/aromatic N) is 1. The van der Waals surface area contributed by atoms with Crippen molar-refractivity contribution >= 4 is 29.9 Å². The molecule has 8 heteroatoms. The molecule has 0 aromatic heterocycles. The molecule has 0 radical (unpaired) electrons. The molecule has 0 saturated carbocycles. The minimum atomic E-state index is -0.0227. The van der Waals surface area contributed by atoms with Gasteiger partial charge in [-0.15, -0.1) is 24.0 Å². The zero-order valence-electron chi connectivity index (χ0n) is 19.9. The van der Waals surface area contributed by atoms with E-state index in [4.69, 9.17) is 18.9 Å². The minimum Gasteiger partial charge on any atom is -0.497 e. The van der Waals surface area contributed by atoms with E-state index in [9.17, 15) is 0 Å². The normalized spacial score (nSPS) is 15.3. The maximum absolute atomic E-state index is 6.05. The summed E-state index contributed by atoms with van der Waals surface area (Å²) < 4.78 is 22.3. The third-order valence-corrected chi connectivity index (χ3v) is 5.59. The smallest absolute Gasteiger partial charge is 0.191 e. The van der Waals surface area contributed by atoms with Crippen LogP contribution < -0.4 is 20.1 Å². The van der Waals surface area contributed by atoms with E-state index in [0.29, 0.717) is 25.2 Å². The number of benzene rings is 2. The van der Waals surface area contributed by atoms with Gasteiger partial charge >= 0.3 is 0 Å². The summed E-state index contributed by atoms with van der Waals surface area (Å²) in [7, 11) is 5.10. The van der Waals surface area contributed by atoms with Crippen molar-refractivity contribution in [1.29, 1.82) is 0 Å². The largest absolute Gasteiger partial charge is 0.497 e. The Morgan fingerprint density at radius 1 is 1.09 bits per heavy atom. The van der Waals surface area contributed by atoms with E-state index in [0.717, 1.165) is 43.1 Å². The van der Waals surface area contributed by atoms with Crippen molar-refractivity contribution in [3.63, 3.8) is 0 Å². The Morgan fingerprint density at radius 3 is 2.55 bits per heavy atom. The number of methoxy groups -OCH3 is 2. The molecule has 0 bridgehead atoms. The summed E-state index contributed by atoms with van der Waals surface area (Å²) in [5, 5.41) is 6.82. The van der Waals surface area contributed by atoms with Crippen LogP contribution in [0.2, 0.25) is 0 Å². The fraction of sp³-hybridized carbons (Fsp3) is 0.480. The Hall–Kier alpha value is -2.04. The van der Waals surface area contributed by atoms with Gasteiger partial charge in [-0.2, -0.15) is 0 Å². The number of ether oxygens (including phenoxy) is 4. The van der Waals surface area contributed by atoms with Gasteiger partial charge in [0.05, 0.1) is 33.0 Å². The zero-order valence-corrected chi connectivity index (χ0v) is 22.3. The van der Waals surface area contributed by atoms with Gasteiger partial charge in [-0.25, -0.2) is 0 Å². The number of halogens is 1. The summed E-state index contributed by atoms with van der Waals surface area (Å²) in [5.74, 6) is 2.31. The minimum absolute atomic E-state index is 0. The molecule has 1 unspecified atom stereocenters. The van der Waals surface area contributed by atoms with Gasteiger partial charge in [0.2, 0.25) is 0 Å². The second kappa shape index (κ2) is 14.3. The number of nitrogens with one attached hydrogen (secondary N) is 2. The van der Waals surface area contributed by atoms with E-state index >= 15 is 0 Å². The molecule has 0 amide bonds. The lowest BCUT2D eigenvalue weighted by Crippen LogP contribution is -2.38. The van der Waals surface area contributed by atoms with Crippen LogP contribution in [-0.4, -0.2) is 46.5 Å². The summed E-state index contributed by atoms with van der Waals surface area (Å²) in [6, 6.07) is 14.2. The first-order valence-corrected chi connectivity index (χ1v) is 11.1. The molecule has 182 valence electrons. The molecule has 1 aliphatic heterocycles. The van der Waals surface area contributed by atoms with Crippen LogP contribution in [0.4, 0.5) is 0 Å². The molecule has 0 spiro atoms. The summed E-state index contributed by atoms with van der Waals surface area (Å²) in [6.45, 7) is 4.94. The van der Waals surface area contributed by atoms with E-state index in [-0.39, 0.29) is 30.0 Å². The molecule has 3 rings (SSSR count). The van der Waals surface area contributed by atoms with Crippen molar-refractivity contribution in [2.24, 2.45) is 4.99 Å². The first-order valence-electron chi connectivity index (χ1n) is 11.1. The van der Waals surface area contributed by atoms with Gasteiger partial charge in [0.25, 0.3) is 0 Å². The summed E-state index contributed by atoms with van der Waals surface area (Å²) in [5.41, 5.74) is 3.35. The first kappa shape index (κ1) is 27.2. The molecule has 1 aliphatic rings. The third-order valence-electron chi connectivity index (χ3n) is 5.59. The lowest BCUT2D eigenvalue weighted by atomic mass is 10.1. The Balaban J connectivity index is 0.00000385. The SMILES string of the molecule is CN=C(NCc1cccc(COC2CCOCC2)c1)NC(C)c1cc(OC)ccc1OC.I. The number of hydrogen-bond donors (Lipinski definition) is 2. The van der Waals surface area contributed by atoms with Gasteiger partial charge in [0.15, 0.2) is 5.96 Å². The number of aliphatic imine (C=N–C) groups is 1. The molecule has 1 atom stereocenters. The molecule has 33 heavy (non-hydrogen) atoms. The zero-order chi connectivity index (χ0) is 22.8. The van der Waals surface area contributed by atoms with E-state index in [1.54, 1.807) is 21.3 Å². The highest BCUT2D eigenvalue weighted by atomic mass is 127. The van der Waals surface area contributed by atoms with Crippen molar-refractivity contribution < 1.29 is 18.9 Å². The van der Waals surface area contributed by atoms with E-state index < -0.39 is 0 Å². The summed E-state index contributed by atoms with van der Waals surface area (Å²) in [4.78, 5) is 4.37. The maximum Gasteiger partial charge on any atom is 0.191 e. The second-order valence-electron chi connectivity index (χ2n) is 7.84. The molecular formula is C25H36IN3O4. The van der Waals surface area contributed by atoms with Gasteiger partial charge in [-0.05, 0) is 49.1 Å². The molecule has 2 aromatic rings. The van der Waals surface area contributed by atoms with E-state index in [1.807, 2.05) is 18.2 Å². The number of guanidine groups is 1. The molecule has 2 aromatic carbocycles. The van der Waals surface area contributed by atoms with Crippen molar-refractivity contribution in [1.82, 2.24) is 10.6 Å². The van der Waals surface area contributed by atoms with Gasteiger partial charge in [0, 0.05) is 32.4 Å². The van der Waals surface area contributed by atoms with Gasteiger partial charge < -0.3 is 29.6 Å². The van der Waals surface area contributed by atoms with Crippen LogP contribution in [0.3, 0.4) is 0 Å². The quantitative estimate of drug-likeness (QED) is 0.264. The number of rotatable bonds is 9. The van der Waals surface area contributed by atoms with Crippen LogP contribution in [-0.2, 0) is 22.6 Å². The van der Waals surface area contributed by atoms with Crippen LogP contribution in [0.1, 0.15) is 42.5 Å². The fourth-order valence-electron chi connectivity index (χ4n) is 3.73. The van der Waals surface area contributed by atoms with Crippen molar-refractivity contribution in [2.75, 3.05) is 34.5 Å². The van der Waals surface area contributed by atoms with Crippen molar-refractivity contribution in [3.05, 3.63) is 59.2 Å². The molecule has 0 aliphatic carbocycles.